The second-order valence-electron chi connectivity index (χ2n) is 9.04. The third-order valence-corrected chi connectivity index (χ3v) is 9.50. The summed E-state index contributed by atoms with van der Waals surface area (Å²) in [5.41, 5.74) is 1.34. The van der Waals surface area contributed by atoms with Crippen LogP contribution in [0.1, 0.15) is 32.3 Å². The van der Waals surface area contributed by atoms with Crippen LogP contribution in [0.25, 0.3) is 0 Å². The Morgan fingerprint density at radius 1 is 1.35 bits per heavy atom. The van der Waals surface area contributed by atoms with Gasteiger partial charge in [0.2, 0.25) is 17.7 Å². The zero-order valence-corrected chi connectivity index (χ0v) is 19.6. The summed E-state index contributed by atoms with van der Waals surface area (Å²) in [7, 11) is 1.58. The average molecular weight is 466 g/mol. The van der Waals surface area contributed by atoms with Gasteiger partial charge in [0.15, 0.2) is 0 Å². The van der Waals surface area contributed by atoms with Crippen molar-refractivity contribution in [1.29, 1.82) is 0 Å². The van der Waals surface area contributed by atoms with E-state index in [9.17, 15) is 19.5 Å². The summed E-state index contributed by atoms with van der Waals surface area (Å²) in [6, 6.07) is 4.02. The molecule has 1 aromatic rings. The normalized spacial score (nSPS) is 34.6. The molecule has 1 spiro atoms. The quantitative estimate of drug-likeness (QED) is 0.619. The molecule has 3 heterocycles. The van der Waals surface area contributed by atoms with E-state index in [0.29, 0.717) is 17.1 Å². The minimum atomic E-state index is -0.802. The molecule has 6 atom stereocenters. The van der Waals surface area contributed by atoms with E-state index in [1.165, 1.54) is 4.90 Å². The summed E-state index contributed by atoms with van der Waals surface area (Å²) in [5.74, 6) is -1.86. The first-order valence-electron chi connectivity index (χ1n) is 10.5. The molecule has 3 saturated heterocycles. The summed E-state index contributed by atoms with van der Waals surface area (Å²) in [6.07, 6.45) is 1.40. The fourth-order valence-electron chi connectivity index (χ4n) is 5.76. The molecule has 31 heavy (non-hydrogen) atoms. The van der Waals surface area contributed by atoms with E-state index in [2.05, 4.69) is 10.6 Å². The molecule has 168 valence electrons. The van der Waals surface area contributed by atoms with Gasteiger partial charge in [0.05, 0.1) is 39.9 Å². The van der Waals surface area contributed by atoms with Crippen LogP contribution in [-0.2, 0) is 14.4 Å². The van der Waals surface area contributed by atoms with Crippen LogP contribution < -0.4 is 10.6 Å². The average Bonchev–Trinajstić information content (AvgIpc) is 3.30. The maximum absolute atomic E-state index is 13.7. The lowest BCUT2D eigenvalue weighted by atomic mass is 9.66. The summed E-state index contributed by atoms with van der Waals surface area (Å²) in [4.78, 5) is 41.7. The van der Waals surface area contributed by atoms with Gasteiger partial charge in [-0.05, 0) is 45.2 Å². The first kappa shape index (κ1) is 22.4. The highest BCUT2D eigenvalue weighted by molar-refractivity contribution is 8.02. The number of halogens is 1. The van der Waals surface area contributed by atoms with E-state index >= 15 is 0 Å². The van der Waals surface area contributed by atoms with Crippen molar-refractivity contribution < 1.29 is 19.5 Å². The van der Waals surface area contributed by atoms with Crippen molar-refractivity contribution in [2.45, 2.75) is 55.2 Å². The molecule has 3 fully saturated rings. The van der Waals surface area contributed by atoms with Gasteiger partial charge in [-0.2, -0.15) is 0 Å². The number of carbonyl (C=O) groups is 3. The van der Waals surface area contributed by atoms with Crippen LogP contribution in [0.2, 0.25) is 5.02 Å². The largest absolute Gasteiger partial charge is 0.394 e. The zero-order chi connectivity index (χ0) is 22.7. The number of carbonyl (C=O) groups excluding carboxylic acids is 3. The van der Waals surface area contributed by atoms with E-state index in [0.717, 1.165) is 12.0 Å². The maximum Gasteiger partial charge on any atom is 0.248 e. The Kier molecular flexibility index (Phi) is 5.55. The van der Waals surface area contributed by atoms with Crippen molar-refractivity contribution in [3.8, 4) is 0 Å². The van der Waals surface area contributed by atoms with Crippen LogP contribution in [0.3, 0.4) is 0 Å². The van der Waals surface area contributed by atoms with Gasteiger partial charge in [0.1, 0.15) is 6.04 Å². The minimum absolute atomic E-state index is 0.172. The molecule has 4 rings (SSSR count). The topological polar surface area (TPSA) is 98.7 Å². The van der Waals surface area contributed by atoms with E-state index in [1.807, 2.05) is 26.0 Å². The molecule has 3 amide bonds. The number of nitrogens with one attached hydrogen (secondary N) is 2. The zero-order valence-electron chi connectivity index (χ0n) is 18.1. The molecule has 3 aliphatic rings. The molecule has 0 aromatic heterocycles. The van der Waals surface area contributed by atoms with E-state index in [1.54, 1.807) is 31.8 Å². The Bertz CT molecular complexity index is 938. The maximum atomic E-state index is 13.7. The number of amides is 3. The van der Waals surface area contributed by atoms with Crippen molar-refractivity contribution >= 4 is 46.8 Å². The van der Waals surface area contributed by atoms with Crippen molar-refractivity contribution in [2.75, 3.05) is 19.0 Å². The van der Waals surface area contributed by atoms with Crippen LogP contribution in [0, 0.1) is 18.8 Å². The van der Waals surface area contributed by atoms with Crippen LogP contribution in [0.4, 0.5) is 5.69 Å². The van der Waals surface area contributed by atoms with Crippen LogP contribution in [0.5, 0.6) is 0 Å². The number of rotatable bonds is 5. The molecule has 0 aliphatic carbocycles. The molecular weight excluding hydrogens is 438 g/mol. The Morgan fingerprint density at radius 3 is 2.68 bits per heavy atom. The highest BCUT2D eigenvalue weighted by atomic mass is 35.5. The lowest BCUT2D eigenvalue weighted by Crippen LogP contribution is -2.54. The van der Waals surface area contributed by atoms with Gasteiger partial charge in [0.25, 0.3) is 0 Å². The summed E-state index contributed by atoms with van der Waals surface area (Å²) in [6.45, 7) is 5.33. The standard InChI is InChI=1S/C22H28ClN3O4S/c1-11-6-5-7-13(23)16(11)25-19(29)17-22-9-8-21(3,31-22)14(18(28)24-4)15(22)20(30)26(17)12(2)10-27/h5-7,12,14-15,17,27H,8-10H2,1-4H3,(H,24,28)(H,25,29)/t12-,14+,15+,17?,21-,22?/m1/s1. The van der Waals surface area contributed by atoms with Crippen molar-refractivity contribution in [2.24, 2.45) is 11.8 Å². The second-order valence-corrected chi connectivity index (χ2v) is 11.3. The van der Waals surface area contributed by atoms with Crippen LogP contribution in [-0.4, -0.2) is 63.0 Å². The Balaban J connectivity index is 1.79. The molecule has 2 unspecified atom stereocenters. The third kappa shape index (κ3) is 3.09. The van der Waals surface area contributed by atoms with E-state index < -0.39 is 33.4 Å². The molecular formula is C22H28ClN3O4S. The molecule has 9 heteroatoms. The van der Waals surface area contributed by atoms with Gasteiger partial charge < -0.3 is 20.6 Å². The number of thioether (sulfide) groups is 1. The SMILES string of the molecule is CNC(=O)[C@@H]1[C@H]2C(=O)N([C@H](C)CO)C(C(=O)Nc3c(C)cccc3Cl)C23CC[C@@]1(C)S3. The number of fused-ring (bicyclic) bond motifs is 1. The number of anilines is 1. The summed E-state index contributed by atoms with van der Waals surface area (Å²) in [5, 5.41) is 15.9. The van der Waals surface area contributed by atoms with Crippen molar-refractivity contribution in [3.63, 3.8) is 0 Å². The van der Waals surface area contributed by atoms with Crippen LogP contribution >= 0.6 is 23.4 Å². The molecule has 0 saturated carbocycles. The fourth-order valence-corrected chi connectivity index (χ4v) is 8.38. The van der Waals surface area contributed by atoms with Gasteiger partial charge >= 0.3 is 0 Å². The molecule has 3 N–H and O–H groups in total. The van der Waals surface area contributed by atoms with Gasteiger partial charge in [0, 0.05) is 11.8 Å². The number of benzene rings is 1. The monoisotopic (exact) mass is 465 g/mol. The fraction of sp³-hybridized carbons (Fsp3) is 0.591. The number of likely N-dealkylation sites (tertiary alicyclic amines) is 1. The van der Waals surface area contributed by atoms with Gasteiger partial charge in [-0.15, -0.1) is 11.8 Å². The lowest BCUT2D eigenvalue weighted by Gasteiger charge is -2.36. The lowest BCUT2D eigenvalue weighted by molar-refractivity contribution is -0.142. The summed E-state index contributed by atoms with van der Waals surface area (Å²) >= 11 is 7.93. The number of hydrogen-bond donors (Lipinski definition) is 3. The molecule has 7 nitrogen and oxygen atoms in total. The highest BCUT2D eigenvalue weighted by Gasteiger charge is 2.77. The number of aliphatic hydroxyl groups is 1. The molecule has 0 radical (unpaired) electrons. The predicted octanol–water partition coefficient (Wildman–Crippen LogP) is 2.20. The van der Waals surface area contributed by atoms with Crippen LogP contribution in [0.15, 0.2) is 18.2 Å². The number of aryl methyl sites for hydroxylation is 1. The first-order chi connectivity index (χ1) is 14.6. The Labute approximate surface area is 191 Å². The number of para-hydroxylation sites is 1. The highest BCUT2D eigenvalue weighted by Crippen LogP contribution is 2.71. The van der Waals surface area contributed by atoms with Gasteiger partial charge in [-0.25, -0.2) is 0 Å². The molecule has 2 bridgehead atoms. The van der Waals surface area contributed by atoms with Crippen molar-refractivity contribution in [3.05, 3.63) is 28.8 Å². The van der Waals surface area contributed by atoms with E-state index in [4.69, 9.17) is 11.6 Å². The van der Waals surface area contributed by atoms with Crippen molar-refractivity contribution in [1.82, 2.24) is 10.2 Å². The summed E-state index contributed by atoms with van der Waals surface area (Å²) < 4.78 is -1.13. The third-order valence-electron chi connectivity index (χ3n) is 7.20. The Hall–Kier alpha value is -1.77. The molecule has 3 aliphatic heterocycles. The predicted molar refractivity (Wildman–Crippen MR) is 121 cm³/mol. The minimum Gasteiger partial charge on any atom is -0.394 e. The molecule has 1 aromatic carbocycles. The number of aliphatic hydroxyl groups excluding tert-OH is 1. The Morgan fingerprint density at radius 2 is 2.06 bits per heavy atom. The van der Waals surface area contributed by atoms with E-state index in [-0.39, 0.29) is 24.3 Å². The first-order valence-corrected chi connectivity index (χ1v) is 11.7. The van der Waals surface area contributed by atoms with Gasteiger partial charge in [-0.3, -0.25) is 14.4 Å². The second kappa shape index (κ2) is 7.67. The van der Waals surface area contributed by atoms with Gasteiger partial charge in [-0.1, -0.05) is 23.7 Å². The number of nitrogens with zero attached hydrogens (tertiary/aromatic N) is 1. The number of hydrogen-bond acceptors (Lipinski definition) is 5. The smallest absolute Gasteiger partial charge is 0.248 e.